The maximum absolute atomic E-state index is 12.1. The topological polar surface area (TPSA) is 65.7 Å². The molecule has 1 aromatic carbocycles. The lowest BCUT2D eigenvalue weighted by Crippen LogP contribution is -2.11. The molecule has 2 rings (SSSR count). The summed E-state index contributed by atoms with van der Waals surface area (Å²) in [6.07, 6.45) is 4.19. The van der Waals surface area contributed by atoms with Gasteiger partial charge in [0.1, 0.15) is 6.29 Å². The SMILES string of the molecule is C=CCc1cc(C=O)cc(OCC)c1OC(=O)c1ccco1. The third kappa shape index (κ3) is 3.44. The fraction of sp³-hybridized carbons (Fsp3) is 0.176. The van der Waals surface area contributed by atoms with Gasteiger partial charge in [-0.3, -0.25) is 4.79 Å². The van der Waals surface area contributed by atoms with Crippen molar-refractivity contribution in [2.45, 2.75) is 13.3 Å². The molecule has 0 saturated carbocycles. The molecule has 2 aromatic rings. The Hall–Kier alpha value is -2.82. The molecule has 0 N–H and O–H groups in total. The van der Waals surface area contributed by atoms with Gasteiger partial charge >= 0.3 is 5.97 Å². The third-order valence-corrected chi connectivity index (χ3v) is 2.87. The fourth-order valence-corrected chi connectivity index (χ4v) is 1.97. The third-order valence-electron chi connectivity index (χ3n) is 2.87. The summed E-state index contributed by atoms with van der Waals surface area (Å²) in [5.41, 5.74) is 1.08. The van der Waals surface area contributed by atoms with Crippen molar-refractivity contribution in [3.8, 4) is 11.5 Å². The van der Waals surface area contributed by atoms with Crippen LogP contribution in [0.2, 0.25) is 0 Å². The minimum absolute atomic E-state index is 0.0893. The van der Waals surface area contributed by atoms with E-state index in [1.54, 1.807) is 25.1 Å². The van der Waals surface area contributed by atoms with Crippen LogP contribution in [0.25, 0.3) is 0 Å². The zero-order valence-electron chi connectivity index (χ0n) is 12.2. The molecule has 0 aliphatic carbocycles. The van der Waals surface area contributed by atoms with Crippen LogP contribution in [0.4, 0.5) is 0 Å². The highest BCUT2D eigenvalue weighted by atomic mass is 16.6. The molecule has 0 atom stereocenters. The summed E-state index contributed by atoms with van der Waals surface area (Å²) in [6.45, 7) is 5.85. The van der Waals surface area contributed by atoms with Crippen molar-refractivity contribution in [3.05, 3.63) is 60.1 Å². The molecule has 0 aliphatic heterocycles. The molecule has 0 fully saturated rings. The Balaban J connectivity index is 2.43. The van der Waals surface area contributed by atoms with Gasteiger partial charge in [0, 0.05) is 11.1 Å². The van der Waals surface area contributed by atoms with E-state index < -0.39 is 5.97 Å². The molecule has 0 unspecified atom stereocenters. The second-order valence-corrected chi connectivity index (χ2v) is 4.42. The van der Waals surface area contributed by atoms with E-state index in [-0.39, 0.29) is 11.5 Å². The van der Waals surface area contributed by atoms with Crippen LogP contribution in [0.15, 0.2) is 47.6 Å². The van der Waals surface area contributed by atoms with Gasteiger partial charge in [0.05, 0.1) is 12.9 Å². The van der Waals surface area contributed by atoms with E-state index in [9.17, 15) is 9.59 Å². The predicted molar refractivity (Wildman–Crippen MR) is 80.6 cm³/mol. The maximum atomic E-state index is 12.1. The first-order chi connectivity index (χ1) is 10.7. The van der Waals surface area contributed by atoms with Gasteiger partial charge in [0.25, 0.3) is 0 Å². The zero-order valence-corrected chi connectivity index (χ0v) is 12.2. The number of carbonyl (C=O) groups is 2. The number of hydrogen-bond donors (Lipinski definition) is 0. The molecular formula is C17H16O5. The highest BCUT2D eigenvalue weighted by Crippen LogP contribution is 2.34. The molecule has 5 nitrogen and oxygen atoms in total. The average Bonchev–Trinajstić information content (AvgIpc) is 3.04. The highest BCUT2D eigenvalue weighted by molar-refractivity contribution is 5.89. The van der Waals surface area contributed by atoms with Crippen LogP contribution >= 0.6 is 0 Å². The van der Waals surface area contributed by atoms with Crippen LogP contribution in [-0.4, -0.2) is 18.9 Å². The van der Waals surface area contributed by atoms with E-state index >= 15 is 0 Å². The van der Waals surface area contributed by atoms with Crippen LogP contribution < -0.4 is 9.47 Å². The lowest BCUT2D eigenvalue weighted by Gasteiger charge is -2.14. The molecule has 0 spiro atoms. The normalized spacial score (nSPS) is 10.0. The lowest BCUT2D eigenvalue weighted by molar-refractivity contribution is 0.0693. The van der Waals surface area contributed by atoms with Gasteiger partial charge in [-0.05, 0) is 37.6 Å². The van der Waals surface area contributed by atoms with Crippen molar-refractivity contribution in [2.75, 3.05) is 6.61 Å². The minimum atomic E-state index is -0.630. The van der Waals surface area contributed by atoms with Crippen molar-refractivity contribution in [2.24, 2.45) is 0 Å². The summed E-state index contributed by atoms with van der Waals surface area (Å²) in [5.74, 6) is 0.0687. The van der Waals surface area contributed by atoms with Crippen LogP contribution in [0, 0.1) is 0 Å². The molecule has 0 radical (unpaired) electrons. The molecule has 22 heavy (non-hydrogen) atoms. The molecular weight excluding hydrogens is 284 g/mol. The monoisotopic (exact) mass is 300 g/mol. The number of rotatable bonds is 7. The molecule has 114 valence electrons. The fourth-order valence-electron chi connectivity index (χ4n) is 1.97. The number of furan rings is 1. The van der Waals surface area contributed by atoms with Gasteiger partial charge in [-0.15, -0.1) is 6.58 Å². The summed E-state index contributed by atoms with van der Waals surface area (Å²) < 4.78 is 15.9. The van der Waals surface area contributed by atoms with Gasteiger partial charge in [-0.1, -0.05) is 6.08 Å². The van der Waals surface area contributed by atoms with E-state index in [1.807, 2.05) is 0 Å². The van der Waals surface area contributed by atoms with Crippen molar-refractivity contribution < 1.29 is 23.5 Å². The number of aldehydes is 1. The summed E-state index contributed by atoms with van der Waals surface area (Å²) in [6, 6.07) is 6.28. The second-order valence-electron chi connectivity index (χ2n) is 4.42. The Morgan fingerprint density at radius 3 is 2.82 bits per heavy atom. The Labute approximate surface area is 128 Å². The highest BCUT2D eigenvalue weighted by Gasteiger charge is 2.19. The van der Waals surface area contributed by atoms with Crippen molar-refractivity contribution in [1.82, 2.24) is 0 Å². The maximum Gasteiger partial charge on any atom is 0.379 e. The Morgan fingerprint density at radius 1 is 1.41 bits per heavy atom. The van der Waals surface area contributed by atoms with Crippen molar-refractivity contribution >= 4 is 12.3 Å². The molecule has 0 bridgehead atoms. The van der Waals surface area contributed by atoms with Crippen LogP contribution in [0.5, 0.6) is 11.5 Å². The van der Waals surface area contributed by atoms with Gasteiger partial charge in [-0.2, -0.15) is 0 Å². The Morgan fingerprint density at radius 2 is 2.23 bits per heavy atom. The number of allylic oxidation sites excluding steroid dienone is 1. The first-order valence-electron chi connectivity index (χ1n) is 6.81. The number of benzene rings is 1. The Kier molecular flexibility index (Phi) is 5.14. The number of hydrogen-bond acceptors (Lipinski definition) is 5. The number of carbonyl (C=O) groups excluding carboxylic acids is 2. The Bertz CT molecular complexity index is 671. The average molecular weight is 300 g/mol. The summed E-state index contributed by atoms with van der Waals surface area (Å²) >= 11 is 0. The van der Waals surface area contributed by atoms with Crippen molar-refractivity contribution in [3.63, 3.8) is 0 Å². The lowest BCUT2D eigenvalue weighted by atomic mass is 10.1. The number of ether oxygens (including phenoxy) is 2. The van der Waals surface area contributed by atoms with Gasteiger partial charge in [0.2, 0.25) is 5.76 Å². The largest absolute Gasteiger partial charge is 0.490 e. The second kappa shape index (κ2) is 7.26. The van der Waals surface area contributed by atoms with Crippen molar-refractivity contribution in [1.29, 1.82) is 0 Å². The van der Waals surface area contributed by atoms with E-state index in [0.29, 0.717) is 36.2 Å². The summed E-state index contributed by atoms with van der Waals surface area (Å²) in [5, 5.41) is 0. The standard InChI is InChI=1S/C17H16O5/c1-3-6-13-9-12(11-18)10-15(20-4-2)16(13)22-17(19)14-7-5-8-21-14/h3,5,7-11H,1,4,6H2,2H3. The van der Waals surface area contributed by atoms with Crippen LogP contribution in [0.3, 0.4) is 0 Å². The van der Waals surface area contributed by atoms with E-state index in [0.717, 1.165) is 0 Å². The van der Waals surface area contributed by atoms with Gasteiger partial charge in [-0.25, -0.2) is 4.79 Å². The molecule has 1 aromatic heterocycles. The van der Waals surface area contributed by atoms with E-state index in [1.165, 1.54) is 18.4 Å². The number of esters is 1. The summed E-state index contributed by atoms with van der Waals surface area (Å²) in [7, 11) is 0. The summed E-state index contributed by atoms with van der Waals surface area (Å²) in [4.78, 5) is 23.1. The molecule has 0 saturated heterocycles. The molecule has 0 aliphatic rings. The van der Waals surface area contributed by atoms with Gasteiger partial charge < -0.3 is 13.9 Å². The first-order valence-corrected chi connectivity index (χ1v) is 6.81. The van der Waals surface area contributed by atoms with E-state index in [4.69, 9.17) is 13.9 Å². The first kappa shape index (κ1) is 15.6. The quantitative estimate of drug-likeness (QED) is 0.339. The molecule has 5 heteroatoms. The van der Waals surface area contributed by atoms with Crippen LogP contribution in [0.1, 0.15) is 33.4 Å². The van der Waals surface area contributed by atoms with Crippen LogP contribution in [-0.2, 0) is 6.42 Å². The smallest absolute Gasteiger partial charge is 0.379 e. The molecule has 0 amide bonds. The zero-order chi connectivity index (χ0) is 15.9. The predicted octanol–water partition coefficient (Wildman–Crippen LogP) is 3.44. The van der Waals surface area contributed by atoms with E-state index in [2.05, 4.69) is 6.58 Å². The van der Waals surface area contributed by atoms with Gasteiger partial charge in [0.15, 0.2) is 11.5 Å². The molecule has 1 heterocycles. The minimum Gasteiger partial charge on any atom is -0.490 e.